The standard InChI is InChI=1S/C19H26N2O/c1-14(2)12-20-13-17-10-11-18(16-8-6-5-7-9-16)21(15(3)4)19(17)22/h5-11,14-15,20H,12-13H2,1-4H3. The minimum Gasteiger partial charge on any atom is -0.312 e. The van der Waals surface area contributed by atoms with Crippen molar-refractivity contribution >= 4 is 0 Å². The molecule has 22 heavy (non-hydrogen) atoms. The molecule has 0 fully saturated rings. The zero-order valence-electron chi connectivity index (χ0n) is 14.0. The van der Waals surface area contributed by atoms with E-state index in [2.05, 4.69) is 39.1 Å². The summed E-state index contributed by atoms with van der Waals surface area (Å²) in [5.41, 5.74) is 2.99. The number of nitrogens with zero attached hydrogens (tertiary/aromatic N) is 1. The molecule has 118 valence electrons. The largest absolute Gasteiger partial charge is 0.312 e. The van der Waals surface area contributed by atoms with Crippen molar-refractivity contribution in [1.82, 2.24) is 9.88 Å². The second-order valence-corrected chi connectivity index (χ2v) is 6.40. The first-order valence-electron chi connectivity index (χ1n) is 8.01. The Labute approximate surface area is 133 Å². The summed E-state index contributed by atoms with van der Waals surface area (Å²) in [7, 11) is 0. The first-order valence-corrected chi connectivity index (χ1v) is 8.01. The fourth-order valence-corrected chi connectivity index (χ4v) is 2.58. The van der Waals surface area contributed by atoms with Gasteiger partial charge in [0.25, 0.3) is 5.56 Å². The maximum Gasteiger partial charge on any atom is 0.255 e. The Hall–Kier alpha value is -1.87. The summed E-state index contributed by atoms with van der Waals surface area (Å²) in [6.45, 7) is 9.98. The second kappa shape index (κ2) is 7.41. The van der Waals surface area contributed by atoms with E-state index in [9.17, 15) is 4.79 Å². The van der Waals surface area contributed by atoms with Crippen molar-refractivity contribution in [3.05, 3.63) is 58.4 Å². The molecule has 0 aliphatic rings. The summed E-state index contributed by atoms with van der Waals surface area (Å²) in [6, 6.07) is 14.2. The average molecular weight is 298 g/mol. The van der Waals surface area contributed by atoms with Crippen molar-refractivity contribution in [2.45, 2.75) is 40.3 Å². The summed E-state index contributed by atoms with van der Waals surface area (Å²) in [5, 5.41) is 3.35. The third-order valence-corrected chi connectivity index (χ3v) is 3.65. The summed E-state index contributed by atoms with van der Waals surface area (Å²) in [6.07, 6.45) is 0. The van der Waals surface area contributed by atoms with Gasteiger partial charge in [-0.1, -0.05) is 50.2 Å². The summed E-state index contributed by atoms with van der Waals surface area (Å²) in [4.78, 5) is 12.8. The van der Waals surface area contributed by atoms with Gasteiger partial charge in [0.2, 0.25) is 0 Å². The molecule has 2 rings (SSSR count). The van der Waals surface area contributed by atoms with E-state index in [4.69, 9.17) is 0 Å². The van der Waals surface area contributed by atoms with Crippen LogP contribution in [0.2, 0.25) is 0 Å². The summed E-state index contributed by atoms with van der Waals surface area (Å²) >= 11 is 0. The van der Waals surface area contributed by atoms with E-state index >= 15 is 0 Å². The van der Waals surface area contributed by atoms with Gasteiger partial charge in [-0.25, -0.2) is 0 Å². The molecule has 0 spiro atoms. The van der Waals surface area contributed by atoms with Gasteiger partial charge in [0.15, 0.2) is 0 Å². The Balaban J connectivity index is 2.38. The first kappa shape index (κ1) is 16.5. The highest BCUT2D eigenvalue weighted by Crippen LogP contribution is 2.21. The van der Waals surface area contributed by atoms with E-state index in [0.29, 0.717) is 12.5 Å². The van der Waals surface area contributed by atoms with Crippen LogP contribution in [0.25, 0.3) is 11.3 Å². The minimum atomic E-state index is 0.104. The van der Waals surface area contributed by atoms with Crippen LogP contribution in [-0.2, 0) is 6.54 Å². The van der Waals surface area contributed by atoms with Crippen LogP contribution in [0.3, 0.4) is 0 Å². The molecule has 1 aromatic heterocycles. The smallest absolute Gasteiger partial charge is 0.255 e. The maximum absolute atomic E-state index is 12.8. The van der Waals surface area contributed by atoms with Gasteiger partial charge in [0.05, 0.1) is 5.69 Å². The van der Waals surface area contributed by atoms with Crippen molar-refractivity contribution in [1.29, 1.82) is 0 Å². The molecule has 0 aliphatic heterocycles. The van der Waals surface area contributed by atoms with E-state index in [1.165, 1.54) is 0 Å². The van der Waals surface area contributed by atoms with Crippen molar-refractivity contribution < 1.29 is 0 Å². The Morgan fingerprint density at radius 1 is 1.00 bits per heavy atom. The molecular formula is C19H26N2O. The number of rotatable bonds is 6. The summed E-state index contributed by atoms with van der Waals surface area (Å²) < 4.78 is 1.89. The topological polar surface area (TPSA) is 34.0 Å². The minimum absolute atomic E-state index is 0.104. The maximum atomic E-state index is 12.8. The number of aromatic nitrogens is 1. The van der Waals surface area contributed by atoms with Gasteiger partial charge in [0, 0.05) is 18.2 Å². The number of benzene rings is 1. The number of hydrogen-bond acceptors (Lipinski definition) is 2. The fourth-order valence-electron chi connectivity index (χ4n) is 2.58. The van der Waals surface area contributed by atoms with Crippen LogP contribution in [0.5, 0.6) is 0 Å². The molecule has 1 aromatic carbocycles. The molecule has 0 radical (unpaired) electrons. The van der Waals surface area contributed by atoms with E-state index in [0.717, 1.165) is 23.4 Å². The quantitative estimate of drug-likeness (QED) is 0.879. The van der Waals surface area contributed by atoms with Crippen molar-refractivity contribution in [3.63, 3.8) is 0 Å². The molecule has 0 saturated heterocycles. The Kier molecular flexibility index (Phi) is 5.56. The van der Waals surface area contributed by atoms with Gasteiger partial charge in [-0.15, -0.1) is 0 Å². The van der Waals surface area contributed by atoms with Gasteiger partial charge in [-0.2, -0.15) is 0 Å². The van der Waals surface area contributed by atoms with E-state index < -0.39 is 0 Å². The van der Waals surface area contributed by atoms with Crippen molar-refractivity contribution in [2.75, 3.05) is 6.54 Å². The van der Waals surface area contributed by atoms with Crippen LogP contribution in [-0.4, -0.2) is 11.1 Å². The second-order valence-electron chi connectivity index (χ2n) is 6.40. The predicted octanol–water partition coefficient (Wildman–Crippen LogP) is 3.84. The Morgan fingerprint density at radius 2 is 1.68 bits per heavy atom. The molecule has 3 heteroatoms. The van der Waals surface area contributed by atoms with Crippen LogP contribution in [0.4, 0.5) is 0 Å². The van der Waals surface area contributed by atoms with E-state index in [1.54, 1.807) is 0 Å². The summed E-state index contributed by atoms with van der Waals surface area (Å²) in [5.74, 6) is 0.580. The molecule has 1 N–H and O–H groups in total. The number of pyridine rings is 1. The van der Waals surface area contributed by atoms with Gasteiger partial charge in [-0.3, -0.25) is 4.79 Å². The molecule has 3 nitrogen and oxygen atoms in total. The Morgan fingerprint density at radius 3 is 2.27 bits per heavy atom. The molecule has 0 aliphatic carbocycles. The first-order chi connectivity index (χ1) is 10.5. The number of hydrogen-bond donors (Lipinski definition) is 1. The van der Waals surface area contributed by atoms with Crippen LogP contribution >= 0.6 is 0 Å². The van der Waals surface area contributed by atoms with E-state index in [1.807, 2.05) is 41.0 Å². The lowest BCUT2D eigenvalue weighted by molar-refractivity contribution is 0.540. The zero-order chi connectivity index (χ0) is 16.1. The monoisotopic (exact) mass is 298 g/mol. The highest BCUT2D eigenvalue weighted by molar-refractivity contribution is 5.59. The average Bonchev–Trinajstić information content (AvgIpc) is 2.48. The molecule has 0 atom stereocenters. The van der Waals surface area contributed by atoms with Gasteiger partial charge < -0.3 is 9.88 Å². The van der Waals surface area contributed by atoms with Crippen LogP contribution < -0.4 is 10.9 Å². The van der Waals surface area contributed by atoms with Gasteiger partial charge in [0.1, 0.15) is 0 Å². The number of nitrogens with one attached hydrogen (secondary N) is 1. The van der Waals surface area contributed by atoms with Crippen molar-refractivity contribution in [3.8, 4) is 11.3 Å². The van der Waals surface area contributed by atoms with Gasteiger partial charge in [-0.05, 0) is 37.9 Å². The molecule has 0 amide bonds. The highest BCUT2D eigenvalue weighted by Gasteiger charge is 2.12. The molecule has 0 saturated carbocycles. The van der Waals surface area contributed by atoms with Crippen LogP contribution in [0, 0.1) is 5.92 Å². The molecule has 0 unspecified atom stereocenters. The van der Waals surface area contributed by atoms with Gasteiger partial charge >= 0.3 is 0 Å². The molecule has 0 bridgehead atoms. The third-order valence-electron chi connectivity index (χ3n) is 3.65. The SMILES string of the molecule is CC(C)CNCc1ccc(-c2ccccc2)n(C(C)C)c1=O. The Bertz CT molecular complexity index is 657. The highest BCUT2D eigenvalue weighted by atomic mass is 16.1. The van der Waals surface area contributed by atoms with E-state index in [-0.39, 0.29) is 11.6 Å². The lowest BCUT2D eigenvalue weighted by atomic mass is 10.1. The van der Waals surface area contributed by atoms with Crippen LogP contribution in [0.1, 0.15) is 39.3 Å². The molecule has 2 aromatic rings. The third kappa shape index (κ3) is 3.86. The lowest BCUT2D eigenvalue weighted by Crippen LogP contribution is -2.30. The fraction of sp³-hybridized carbons (Fsp3) is 0.421. The van der Waals surface area contributed by atoms with Crippen molar-refractivity contribution in [2.24, 2.45) is 5.92 Å². The normalized spacial score (nSPS) is 11.4. The molecular weight excluding hydrogens is 272 g/mol. The predicted molar refractivity (Wildman–Crippen MR) is 93.1 cm³/mol. The molecule has 1 heterocycles. The lowest BCUT2D eigenvalue weighted by Gasteiger charge is -2.18. The van der Waals surface area contributed by atoms with Crippen LogP contribution in [0.15, 0.2) is 47.3 Å². The zero-order valence-corrected chi connectivity index (χ0v) is 14.0.